The van der Waals surface area contributed by atoms with Crippen molar-refractivity contribution in [1.82, 2.24) is 5.32 Å². The summed E-state index contributed by atoms with van der Waals surface area (Å²) in [7, 11) is -3.32. The largest absolute Gasteiger partial charge is 0.376 e. The lowest BCUT2D eigenvalue weighted by Gasteiger charge is -2.11. The normalized spacial score (nSPS) is 19.4. The molecule has 0 spiro atoms. The molecule has 0 bridgehead atoms. The molecule has 22 heavy (non-hydrogen) atoms. The van der Waals surface area contributed by atoms with Crippen molar-refractivity contribution in [3.05, 3.63) is 28.8 Å². The van der Waals surface area contributed by atoms with Crippen molar-refractivity contribution in [2.75, 3.05) is 19.4 Å². The minimum atomic E-state index is -3.32. The molecule has 0 aliphatic carbocycles. The predicted molar refractivity (Wildman–Crippen MR) is 86.9 cm³/mol. The molecule has 0 saturated carbocycles. The molecule has 8 heteroatoms. The van der Waals surface area contributed by atoms with Crippen molar-refractivity contribution >= 4 is 27.4 Å². The highest BCUT2D eigenvalue weighted by Gasteiger charge is 2.15. The molecule has 1 aromatic carbocycles. The number of rotatable bonds is 5. The highest BCUT2D eigenvalue weighted by atomic mass is 35.5. The Morgan fingerprint density at radius 2 is 2.32 bits per heavy atom. The fourth-order valence-electron chi connectivity index (χ4n) is 2.20. The van der Waals surface area contributed by atoms with Gasteiger partial charge >= 0.3 is 0 Å². The third-order valence-electron chi connectivity index (χ3n) is 3.36. The zero-order valence-corrected chi connectivity index (χ0v) is 14.0. The summed E-state index contributed by atoms with van der Waals surface area (Å²) in [6.07, 6.45) is 3.42. The third kappa shape index (κ3) is 4.86. The van der Waals surface area contributed by atoms with Crippen LogP contribution in [0.3, 0.4) is 0 Å². The number of hydrogen-bond donors (Lipinski definition) is 2. The van der Waals surface area contributed by atoms with E-state index in [1.165, 1.54) is 6.07 Å². The van der Waals surface area contributed by atoms with Gasteiger partial charge in [-0.3, -0.25) is 0 Å². The van der Waals surface area contributed by atoms with Gasteiger partial charge in [-0.2, -0.15) is 0 Å². The van der Waals surface area contributed by atoms with Crippen molar-refractivity contribution in [3.8, 4) is 0 Å². The number of guanidine groups is 1. The van der Waals surface area contributed by atoms with E-state index in [1.807, 2.05) is 0 Å². The van der Waals surface area contributed by atoms with E-state index < -0.39 is 9.84 Å². The number of nitrogens with one attached hydrogen (secondary N) is 1. The van der Waals surface area contributed by atoms with Gasteiger partial charge in [0.2, 0.25) is 0 Å². The number of ether oxygens (including phenoxy) is 1. The first kappa shape index (κ1) is 17.1. The second-order valence-electron chi connectivity index (χ2n) is 5.25. The van der Waals surface area contributed by atoms with Crippen LogP contribution in [0, 0.1) is 0 Å². The fourth-order valence-corrected chi connectivity index (χ4v) is 3.55. The molecule has 0 amide bonds. The molecule has 1 aromatic rings. The van der Waals surface area contributed by atoms with E-state index in [-0.39, 0.29) is 16.0 Å². The molecular weight excluding hydrogens is 326 g/mol. The summed E-state index contributed by atoms with van der Waals surface area (Å²) in [5.74, 6) is 0.332. The van der Waals surface area contributed by atoms with Crippen LogP contribution in [0.4, 0.5) is 0 Å². The molecule has 1 unspecified atom stereocenters. The molecule has 1 atom stereocenters. The van der Waals surface area contributed by atoms with Crippen LogP contribution in [-0.4, -0.2) is 39.9 Å². The molecule has 1 heterocycles. The summed E-state index contributed by atoms with van der Waals surface area (Å²) in [4.78, 5) is 4.33. The van der Waals surface area contributed by atoms with Gasteiger partial charge in [-0.15, -0.1) is 0 Å². The monoisotopic (exact) mass is 345 g/mol. The minimum Gasteiger partial charge on any atom is -0.376 e. The molecule has 2 rings (SSSR count). The number of sulfone groups is 1. The van der Waals surface area contributed by atoms with Crippen molar-refractivity contribution in [2.45, 2.75) is 30.4 Å². The van der Waals surface area contributed by atoms with Crippen molar-refractivity contribution in [2.24, 2.45) is 10.7 Å². The van der Waals surface area contributed by atoms with Crippen LogP contribution in [0.25, 0.3) is 0 Å². The lowest BCUT2D eigenvalue weighted by atomic mass is 10.2. The summed E-state index contributed by atoms with van der Waals surface area (Å²) in [6.45, 7) is 1.77. The van der Waals surface area contributed by atoms with Crippen molar-refractivity contribution in [3.63, 3.8) is 0 Å². The first-order chi connectivity index (χ1) is 10.4. The topological polar surface area (TPSA) is 93.8 Å². The molecule has 1 fully saturated rings. The molecular formula is C14H20ClN3O3S. The Morgan fingerprint density at radius 1 is 1.55 bits per heavy atom. The van der Waals surface area contributed by atoms with E-state index in [4.69, 9.17) is 22.1 Å². The van der Waals surface area contributed by atoms with E-state index in [0.717, 1.165) is 31.3 Å². The van der Waals surface area contributed by atoms with Gasteiger partial charge < -0.3 is 15.8 Å². The van der Waals surface area contributed by atoms with Crippen LogP contribution in [0.15, 0.2) is 28.1 Å². The Hall–Kier alpha value is -1.31. The van der Waals surface area contributed by atoms with Crippen molar-refractivity contribution < 1.29 is 13.2 Å². The smallest absolute Gasteiger partial charge is 0.189 e. The van der Waals surface area contributed by atoms with E-state index in [0.29, 0.717) is 19.0 Å². The first-order valence-electron chi connectivity index (χ1n) is 7.00. The third-order valence-corrected chi connectivity index (χ3v) is 4.94. The van der Waals surface area contributed by atoms with E-state index in [9.17, 15) is 8.42 Å². The summed E-state index contributed by atoms with van der Waals surface area (Å²) >= 11 is 5.99. The van der Waals surface area contributed by atoms with Crippen LogP contribution < -0.4 is 11.1 Å². The average molecular weight is 346 g/mol. The molecule has 1 saturated heterocycles. The van der Waals surface area contributed by atoms with Gasteiger partial charge in [-0.1, -0.05) is 17.7 Å². The zero-order chi connectivity index (χ0) is 16.2. The van der Waals surface area contributed by atoms with E-state index in [1.54, 1.807) is 12.1 Å². The molecule has 6 nitrogen and oxygen atoms in total. The number of aliphatic imine (C=N–C) groups is 1. The maximum atomic E-state index is 11.5. The molecule has 1 aliphatic rings. The molecule has 122 valence electrons. The lowest BCUT2D eigenvalue weighted by molar-refractivity contribution is 0.114. The Morgan fingerprint density at radius 3 is 2.91 bits per heavy atom. The number of halogens is 1. The van der Waals surface area contributed by atoms with Gasteiger partial charge in [0.15, 0.2) is 15.8 Å². The minimum absolute atomic E-state index is 0.117. The molecule has 0 radical (unpaired) electrons. The van der Waals surface area contributed by atoms with E-state index in [2.05, 4.69) is 10.3 Å². The quantitative estimate of drug-likeness (QED) is 0.620. The van der Waals surface area contributed by atoms with Crippen LogP contribution in [-0.2, 0) is 21.1 Å². The fraction of sp³-hybridized carbons (Fsp3) is 0.500. The Bertz CT molecular complexity index is 655. The van der Waals surface area contributed by atoms with Gasteiger partial charge in [0.25, 0.3) is 0 Å². The predicted octanol–water partition coefficient (Wildman–Crippen LogP) is 1.33. The van der Waals surface area contributed by atoms with Gasteiger partial charge in [-0.05, 0) is 30.5 Å². The maximum Gasteiger partial charge on any atom is 0.189 e. The number of hydrogen-bond acceptors (Lipinski definition) is 4. The average Bonchev–Trinajstić information content (AvgIpc) is 2.94. The SMILES string of the molecule is CS(=O)(=O)c1ccc(CN=C(N)NCC2CCCO2)cc1Cl. The number of benzene rings is 1. The maximum absolute atomic E-state index is 11.5. The van der Waals surface area contributed by atoms with Crippen molar-refractivity contribution in [1.29, 1.82) is 0 Å². The highest BCUT2D eigenvalue weighted by molar-refractivity contribution is 7.90. The van der Waals surface area contributed by atoms with Crippen LogP contribution in [0.2, 0.25) is 5.02 Å². The number of nitrogens with two attached hydrogens (primary N) is 1. The Balaban J connectivity index is 1.92. The molecule has 3 N–H and O–H groups in total. The summed E-state index contributed by atoms with van der Waals surface area (Å²) < 4.78 is 28.5. The van der Waals surface area contributed by atoms with Gasteiger partial charge in [0.05, 0.1) is 22.6 Å². The lowest BCUT2D eigenvalue weighted by Crippen LogP contribution is -2.37. The van der Waals surface area contributed by atoms with Crippen LogP contribution >= 0.6 is 11.6 Å². The first-order valence-corrected chi connectivity index (χ1v) is 9.27. The number of nitrogens with zero attached hydrogens (tertiary/aromatic N) is 1. The van der Waals surface area contributed by atoms with Gasteiger partial charge in [0, 0.05) is 19.4 Å². The second-order valence-corrected chi connectivity index (χ2v) is 7.65. The van der Waals surface area contributed by atoms with Gasteiger partial charge in [-0.25, -0.2) is 13.4 Å². The molecule has 1 aliphatic heterocycles. The van der Waals surface area contributed by atoms with Crippen LogP contribution in [0.5, 0.6) is 0 Å². The zero-order valence-electron chi connectivity index (χ0n) is 12.4. The second kappa shape index (κ2) is 7.30. The summed E-state index contributed by atoms with van der Waals surface area (Å²) in [6, 6.07) is 4.76. The summed E-state index contributed by atoms with van der Waals surface area (Å²) in [5, 5.41) is 3.21. The Kier molecular flexibility index (Phi) is 5.66. The summed E-state index contributed by atoms with van der Waals surface area (Å²) in [5.41, 5.74) is 6.58. The van der Waals surface area contributed by atoms with E-state index >= 15 is 0 Å². The Labute approximate surface area is 135 Å². The highest BCUT2D eigenvalue weighted by Crippen LogP contribution is 2.22. The van der Waals surface area contributed by atoms with Crippen LogP contribution in [0.1, 0.15) is 18.4 Å². The molecule has 0 aromatic heterocycles. The standard InChI is InChI=1S/C14H20ClN3O3S/c1-22(19,20)13-5-4-10(7-12(13)15)8-17-14(16)18-9-11-3-2-6-21-11/h4-5,7,11H,2-3,6,8-9H2,1H3,(H3,16,17,18). The van der Waals surface area contributed by atoms with Gasteiger partial charge in [0.1, 0.15) is 0 Å².